The number of thioether (sulfide) groups is 1. The number of nitrogens with zero attached hydrogens (tertiary/aromatic N) is 4. The number of nitrogens with one attached hydrogen (secondary N) is 1. The average Bonchev–Trinajstić information content (AvgIpc) is 2.91. The standard InChI is InChI=1S/C15H17N5S/c1-11(10-21-2)16-13-8-9-14-17-18-15(20(14)19-13)12-6-4-3-5-7-12/h3-9,11H,10H2,1-2H3,(H,16,19). The Bertz CT molecular complexity index is 725. The van der Waals surface area contributed by atoms with Gasteiger partial charge in [0.2, 0.25) is 0 Å². The number of aromatic nitrogens is 4. The molecule has 1 unspecified atom stereocenters. The molecule has 6 heteroatoms. The second-order valence-corrected chi connectivity index (χ2v) is 5.79. The summed E-state index contributed by atoms with van der Waals surface area (Å²) in [4.78, 5) is 0. The molecular weight excluding hydrogens is 282 g/mol. The molecule has 0 saturated heterocycles. The summed E-state index contributed by atoms with van der Waals surface area (Å²) in [5, 5.41) is 16.4. The lowest BCUT2D eigenvalue weighted by molar-refractivity contribution is 0.866. The van der Waals surface area contributed by atoms with Crippen LogP contribution in [0.2, 0.25) is 0 Å². The predicted octanol–water partition coefficient (Wildman–Crippen LogP) is 2.95. The molecule has 0 aliphatic carbocycles. The van der Waals surface area contributed by atoms with Gasteiger partial charge in [0.25, 0.3) is 0 Å². The molecule has 2 heterocycles. The maximum atomic E-state index is 4.61. The Kier molecular flexibility index (Phi) is 4.06. The van der Waals surface area contributed by atoms with E-state index in [1.807, 2.05) is 54.2 Å². The average molecular weight is 299 g/mol. The molecule has 3 rings (SSSR count). The number of anilines is 1. The van der Waals surface area contributed by atoms with Crippen molar-refractivity contribution in [3.63, 3.8) is 0 Å². The van der Waals surface area contributed by atoms with E-state index in [0.29, 0.717) is 6.04 Å². The summed E-state index contributed by atoms with van der Waals surface area (Å²) in [6.45, 7) is 2.15. The van der Waals surface area contributed by atoms with Crippen molar-refractivity contribution in [3.05, 3.63) is 42.5 Å². The fourth-order valence-corrected chi connectivity index (χ4v) is 2.76. The third kappa shape index (κ3) is 3.00. The van der Waals surface area contributed by atoms with Crippen LogP contribution in [0.4, 0.5) is 5.82 Å². The van der Waals surface area contributed by atoms with Crippen LogP contribution in [-0.4, -0.2) is 37.9 Å². The second kappa shape index (κ2) is 6.13. The van der Waals surface area contributed by atoms with Crippen molar-refractivity contribution in [1.29, 1.82) is 0 Å². The lowest BCUT2D eigenvalue weighted by atomic mass is 10.2. The summed E-state index contributed by atoms with van der Waals surface area (Å²) in [5.41, 5.74) is 1.75. The maximum Gasteiger partial charge on any atom is 0.185 e. The first-order valence-corrected chi connectivity index (χ1v) is 8.20. The first kappa shape index (κ1) is 13.9. The van der Waals surface area contributed by atoms with Crippen LogP contribution in [-0.2, 0) is 0 Å². The SMILES string of the molecule is CSCC(C)Nc1ccc2nnc(-c3ccccc3)n2n1. The predicted molar refractivity (Wildman–Crippen MR) is 87.7 cm³/mol. The largest absolute Gasteiger partial charge is 0.365 e. The van der Waals surface area contributed by atoms with Gasteiger partial charge in [-0.15, -0.1) is 15.3 Å². The Balaban J connectivity index is 1.96. The van der Waals surface area contributed by atoms with Crippen molar-refractivity contribution in [2.75, 3.05) is 17.3 Å². The zero-order valence-electron chi connectivity index (χ0n) is 12.0. The third-order valence-corrected chi connectivity index (χ3v) is 3.94. The molecular formula is C15H17N5S. The van der Waals surface area contributed by atoms with Crippen molar-refractivity contribution in [1.82, 2.24) is 19.8 Å². The van der Waals surface area contributed by atoms with Crippen LogP contribution in [0.1, 0.15) is 6.92 Å². The molecule has 0 aliphatic heterocycles. The van der Waals surface area contributed by atoms with Gasteiger partial charge in [-0.1, -0.05) is 30.3 Å². The van der Waals surface area contributed by atoms with E-state index < -0.39 is 0 Å². The molecule has 0 spiro atoms. The van der Waals surface area contributed by atoms with Crippen LogP contribution in [0.3, 0.4) is 0 Å². The zero-order chi connectivity index (χ0) is 14.7. The van der Waals surface area contributed by atoms with E-state index in [0.717, 1.165) is 28.6 Å². The number of rotatable bonds is 5. The highest BCUT2D eigenvalue weighted by Crippen LogP contribution is 2.18. The van der Waals surface area contributed by atoms with Crippen molar-refractivity contribution < 1.29 is 0 Å². The van der Waals surface area contributed by atoms with E-state index in [1.165, 1.54) is 0 Å². The summed E-state index contributed by atoms with van der Waals surface area (Å²) in [6, 6.07) is 14.2. The summed E-state index contributed by atoms with van der Waals surface area (Å²) >= 11 is 1.81. The Hall–Kier alpha value is -2.08. The molecule has 0 aliphatic rings. The Labute approximate surface area is 127 Å². The molecule has 21 heavy (non-hydrogen) atoms. The number of fused-ring (bicyclic) bond motifs is 1. The first-order chi connectivity index (χ1) is 10.3. The second-order valence-electron chi connectivity index (χ2n) is 4.88. The molecule has 0 amide bonds. The van der Waals surface area contributed by atoms with E-state index in [-0.39, 0.29) is 0 Å². The van der Waals surface area contributed by atoms with Gasteiger partial charge in [0.1, 0.15) is 5.82 Å². The van der Waals surface area contributed by atoms with E-state index in [1.54, 1.807) is 4.52 Å². The van der Waals surface area contributed by atoms with Gasteiger partial charge in [-0.05, 0) is 25.3 Å². The van der Waals surface area contributed by atoms with Crippen LogP contribution in [0, 0.1) is 0 Å². The van der Waals surface area contributed by atoms with Crippen LogP contribution in [0.15, 0.2) is 42.5 Å². The smallest absolute Gasteiger partial charge is 0.185 e. The van der Waals surface area contributed by atoms with Crippen molar-refractivity contribution in [2.45, 2.75) is 13.0 Å². The zero-order valence-corrected chi connectivity index (χ0v) is 12.8. The van der Waals surface area contributed by atoms with Gasteiger partial charge in [-0.3, -0.25) is 0 Å². The number of benzene rings is 1. The van der Waals surface area contributed by atoms with Crippen LogP contribution in [0.25, 0.3) is 17.0 Å². The molecule has 0 saturated carbocycles. The highest BCUT2D eigenvalue weighted by Gasteiger charge is 2.10. The monoisotopic (exact) mass is 299 g/mol. The van der Waals surface area contributed by atoms with E-state index >= 15 is 0 Å². The maximum absolute atomic E-state index is 4.61. The van der Waals surface area contributed by atoms with Crippen LogP contribution < -0.4 is 5.32 Å². The summed E-state index contributed by atoms with van der Waals surface area (Å²) < 4.78 is 1.78. The highest BCUT2D eigenvalue weighted by atomic mass is 32.2. The van der Waals surface area contributed by atoms with E-state index in [2.05, 4.69) is 33.8 Å². The van der Waals surface area contributed by atoms with E-state index in [9.17, 15) is 0 Å². The van der Waals surface area contributed by atoms with Gasteiger partial charge in [-0.25, -0.2) is 0 Å². The molecule has 108 valence electrons. The molecule has 3 aromatic rings. The van der Waals surface area contributed by atoms with Gasteiger partial charge < -0.3 is 5.32 Å². The minimum Gasteiger partial charge on any atom is -0.365 e. The van der Waals surface area contributed by atoms with Crippen molar-refractivity contribution in [2.24, 2.45) is 0 Å². The first-order valence-electron chi connectivity index (χ1n) is 6.81. The molecule has 1 atom stereocenters. The van der Waals surface area contributed by atoms with Gasteiger partial charge in [-0.2, -0.15) is 16.3 Å². The lowest BCUT2D eigenvalue weighted by Crippen LogP contribution is -2.19. The molecule has 2 aromatic heterocycles. The lowest BCUT2D eigenvalue weighted by Gasteiger charge is -2.12. The molecule has 0 radical (unpaired) electrons. The number of hydrogen-bond donors (Lipinski definition) is 1. The topological polar surface area (TPSA) is 55.1 Å². The van der Waals surface area contributed by atoms with Crippen molar-refractivity contribution >= 4 is 23.2 Å². The van der Waals surface area contributed by atoms with Gasteiger partial charge >= 0.3 is 0 Å². The Morgan fingerprint density at radius 1 is 1.14 bits per heavy atom. The Morgan fingerprint density at radius 3 is 2.71 bits per heavy atom. The molecule has 1 N–H and O–H groups in total. The molecule has 5 nitrogen and oxygen atoms in total. The van der Waals surface area contributed by atoms with Crippen molar-refractivity contribution in [3.8, 4) is 11.4 Å². The van der Waals surface area contributed by atoms with Crippen LogP contribution in [0.5, 0.6) is 0 Å². The van der Waals surface area contributed by atoms with E-state index in [4.69, 9.17) is 0 Å². The van der Waals surface area contributed by atoms with Gasteiger partial charge in [0, 0.05) is 17.4 Å². The normalized spacial score (nSPS) is 12.5. The quantitative estimate of drug-likeness (QED) is 0.785. The third-order valence-electron chi connectivity index (χ3n) is 3.11. The number of hydrogen-bond acceptors (Lipinski definition) is 5. The molecule has 1 aromatic carbocycles. The summed E-state index contributed by atoms with van der Waals surface area (Å²) in [7, 11) is 0. The van der Waals surface area contributed by atoms with Gasteiger partial charge in [0.05, 0.1) is 0 Å². The minimum atomic E-state index is 0.363. The Morgan fingerprint density at radius 2 is 1.95 bits per heavy atom. The van der Waals surface area contributed by atoms with Crippen LogP contribution >= 0.6 is 11.8 Å². The highest BCUT2D eigenvalue weighted by molar-refractivity contribution is 7.98. The fourth-order valence-electron chi connectivity index (χ4n) is 2.18. The summed E-state index contributed by atoms with van der Waals surface area (Å²) in [5.74, 6) is 2.63. The summed E-state index contributed by atoms with van der Waals surface area (Å²) in [6.07, 6.45) is 2.10. The van der Waals surface area contributed by atoms with Gasteiger partial charge in [0.15, 0.2) is 11.5 Å². The minimum absolute atomic E-state index is 0.363. The molecule has 0 bridgehead atoms. The fraction of sp³-hybridized carbons (Fsp3) is 0.267. The molecule has 0 fully saturated rings.